The van der Waals surface area contributed by atoms with Crippen LogP contribution in [0.5, 0.6) is 0 Å². The standard InChI is InChI=1S/C10H14FNO4S2/c1-10(2,3)18(15,16)12-8-6-4-5-7-9(8)17(11,13)14/h4-7,12H,1-3H3. The molecule has 0 atom stereocenters. The maximum atomic E-state index is 13.0. The summed E-state index contributed by atoms with van der Waals surface area (Å²) in [5.41, 5.74) is -0.296. The van der Waals surface area contributed by atoms with Crippen molar-refractivity contribution in [3.8, 4) is 0 Å². The third-order valence-corrected chi connectivity index (χ3v) is 5.18. The van der Waals surface area contributed by atoms with Crippen molar-refractivity contribution in [2.45, 2.75) is 30.4 Å². The van der Waals surface area contributed by atoms with Gasteiger partial charge in [-0.3, -0.25) is 4.72 Å². The summed E-state index contributed by atoms with van der Waals surface area (Å²) in [6.07, 6.45) is 0. The Morgan fingerprint density at radius 1 is 1.06 bits per heavy atom. The molecule has 0 unspecified atom stereocenters. The molecular formula is C10H14FNO4S2. The molecular weight excluding hydrogens is 281 g/mol. The second-order valence-corrected chi connectivity index (χ2v) is 8.40. The lowest BCUT2D eigenvalue weighted by molar-refractivity contribution is 0.552. The van der Waals surface area contributed by atoms with E-state index < -0.39 is 29.9 Å². The van der Waals surface area contributed by atoms with E-state index in [4.69, 9.17) is 0 Å². The Morgan fingerprint density at radius 3 is 2.00 bits per heavy atom. The van der Waals surface area contributed by atoms with Gasteiger partial charge in [0.25, 0.3) is 0 Å². The van der Waals surface area contributed by atoms with Crippen molar-refractivity contribution in [2.24, 2.45) is 0 Å². The molecule has 1 N–H and O–H groups in total. The molecule has 0 heterocycles. The van der Waals surface area contributed by atoms with E-state index in [1.165, 1.54) is 39.0 Å². The van der Waals surface area contributed by atoms with E-state index in [0.29, 0.717) is 0 Å². The summed E-state index contributed by atoms with van der Waals surface area (Å²) in [5.74, 6) is 0. The zero-order valence-electron chi connectivity index (χ0n) is 10.1. The smallest absolute Gasteiger partial charge is 0.282 e. The van der Waals surface area contributed by atoms with Crippen molar-refractivity contribution in [2.75, 3.05) is 4.72 Å². The average molecular weight is 295 g/mol. The number of nitrogens with one attached hydrogen (secondary N) is 1. The molecule has 1 aromatic rings. The highest BCUT2D eigenvalue weighted by Gasteiger charge is 2.30. The summed E-state index contributed by atoms with van der Waals surface area (Å²) in [7, 11) is -8.79. The fraction of sp³-hybridized carbons (Fsp3) is 0.400. The van der Waals surface area contributed by atoms with Gasteiger partial charge in [0, 0.05) is 0 Å². The van der Waals surface area contributed by atoms with Gasteiger partial charge in [0.2, 0.25) is 10.0 Å². The van der Waals surface area contributed by atoms with Crippen molar-refractivity contribution < 1.29 is 20.7 Å². The van der Waals surface area contributed by atoms with Gasteiger partial charge in [-0.25, -0.2) is 8.42 Å². The van der Waals surface area contributed by atoms with Crippen LogP contribution in [0.25, 0.3) is 0 Å². The average Bonchev–Trinajstić information content (AvgIpc) is 2.14. The van der Waals surface area contributed by atoms with E-state index in [0.717, 1.165) is 6.07 Å². The van der Waals surface area contributed by atoms with Crippen LogP contribution in [0.2, 0.25) is 0 Å². The Bertz CT molecular complexity index is 645. The number of benzene rings is 1. The summed E-state index contributed by atoms with van der Waals surface area (Å²) in [5, 5.41) is 0. The Labute approximate surface area is 106 Å². The molecule has 0 radical (unpaired) electrons. The molecule has 0 bridgehead atoms. The van der Waals surface area contributed by atoms with E-state index in [9.17, 15) is 20.7 Å². The first-order valence-corrected chi connectivity index (χ1v) is 7.88. The van der Waals surface area contributed by atoms with Crippen LogP contribution < -0.4 is 4.72 Å². The molecule has 0 aromatic heterocycles. The maximum absolute atomic E-state index is 13.0. The molecule has 102 valence electrons. The molecule has 0 spiro atoms. The second-order valence-electron chi connectivity index (χ2n) is 4.65. The molecule has 0 aliphatic carbocycles. The van der Waals surface area contributed by atoms with Crippen molar-refractivity contribution in [3.05, 3.63) is 24.3 Å². The van der Waals surface area contributed by atoms with Gasteiger partial charge >= 0.3 is 10.2 Å². The number of sulfonamides is 1. The molecule has 0 aliphatic heterocycles. The quantitative estimate of drug-likeness (QED) is 0.863. The summed E-state index contributed by atoms with van der Waals surface area (Å²) in [4.78, 5) is -0.696. The minimum absolute atomic E-state index is 0.296. The normalized spacial score (nSPS) is 13.3. The van der Waals surface area contributed by atoms with Crippen LogP contribution >= 0.6 is 0 Å². The van der Waals surface area contributed by atoms with Crippen molar-refractivity contribution in [1.29, 1.82) is 0 Å². The van der Waals surface area contributed by atoms with Crippen LogP contribution in [-0.4, -0.2) is 21.6 Å². The Kier molecular flexibility index (Phi) is 3.73. The lowest BCUT2D eigenvalue weighted by Crippen LogP contribution is -2.34. The van der Waals surface area contributed by atoms with Gasteiger partial charge in [0.15, 0.2) is 0 Å². The third kappa shape index (κ3) is 3.20. The number of halogens is 1. The van der Waals surface area contributed by atoms with Crippen molar-refractivity contribution in [3.63, 3.8) is 0 Å². The highest BCUT2D eigenvalue weighted by Crippen LogP contribution is 2.26. The highest BCUT2D eigenvalue weighted by atomic mass is 32.3. The van der Waals surface area contributed by atoms with Gasteiger partial charge in [0.05, 0.1) is 10.4 Å². The molecule has 0 fully saturated rings. The number of para-hydroxylation sites is 1. The third-order valence-electron chi connectivity index (χ3n) is 2.20. The van der Waals surface area contributed by atoms with E-state index in [-0.39, 0.29) is 5.69 Å². The first kappa shape index (κ1) is 14.9. The van der Waals surface area contributed by atoms with Crippen LogP contribution in [0.3, 0.4) is 0 Å². The largest absolute Gasteiger partial charge is 0.334 e. The van der Waals surface area contributed by atoms with Gasteiger partial charge in [-0.15, -0.1) is 3.89 Å². The summed E-state index contributed by atoms with van der Waals surface area (Å²) < 4.78 is 59.5. The molecule has 0 saturated heterocycles. The monoisotopic (exact) mass is 295 g/mol. The molecule has 0 aliphatic rings. The predicted octanol–water partition coefficient (Wildman–Crippen LogP) is 1.89. The number of hydrogen-bond acceptors (Lipinski definition) is 4. The molecule has 18 heavy (non-hydrogen) atoms. The number of anilines is 1. The summed E-state index contributed by atoms with van der Waals surface area (Å²) in [6.45, 7) is 4.34. The van der Waals surface area contributed by atoms with Gasteiger partial charge in [-0.2, -0.15) is 8.42 Å². The van der Waals surface area contributed by atoms with Crippen LogP contribution in [0.4, 0.5) is 9.57 Å². The molecule has 0 saturated carbocycles. The molecule has 5 nitrogen and oxygen atoms in total. The van der Waals surface area contributed by atoms with Gasteiger partial charge in [-0.1, -0.05) is 12.1 Å². The minimum atomic E-state index is -4.98. The lowest BCUT2D eigenvalue weighted by atomic mass is 10.3. The van der Waals surface area contributed by atoms with Crippen LogP contribution in [0.1, 0.15) is 20.8 Å². The van der Waals surface area contributed by atoms with Crippen molar-refractivity contribution >= 4 is 25.9 Å². The molecule has 1 aromatic carbocycles. The fourth-order valence-electron chi connectivity index (χ4n) is 1.06. The van der Waals surface area contributed by atoms with E-state index >= 15 is 0 Å². The molecule has 8 heteroatoms. The first-order chi connectivity index (χ1) is 7.95. The number of rotatable bonds is 3. The second kappa shape index (κ2) is 4.51. The van der Waals surface area contributed by atoms with Gasteiger partial charge in [-0.05, 0) is 32.9 Å². The Hall–Kier alpha value is -1.15. The first-order valence-electron chi connectivity index (χ1n) is 5.01. The maximum Gasteiger partial charge on any atom is 0.334 e. The SMILES string of the molecule is CC(C)(C)S(=O)(=O)Nc1ccccc1S(=O)(=O)F. The lowest BCUT2D eigenvalue weighted by Gasteiger charge is -2.21. The van der Waals surface area contributed by atoms with Gasteiger partial charge in [0.1, 0.15) is 4.90 Å². The van der Waals surface area contributed by atoms with Crippen LogP contribution in [-0.2, 0) is 20.2 Å². The van der Waals surface area contributed by atoms with Crippen molar-refractivity contribution in [1.82, 2.24) is 0 Å². The van der Waals surface area contributed by atoms with Gasteiger partial charge < -0.3 is 0 Å². The zero-order valence-corrected chi connectivity index (χ0v) is 11.8. The zero-order chi connectivity index (χ0) is 14.2. The summed E-state index contributed by atoms with van der Waals surface area (Å²) in [6, 6.07) is 4.90. The Balaban J connectivity index is 3.31. The minimum Gasteiger partial charge on any atom is -0.282 e. The van der Waals surface area contributed by atoms with Crippen LogP contribution in [0.15, 0.2) is 29.2 Å². The van der Waals surface area contributed by atoms with E-state index in [1.807, 2.05) is 0 Å². The molecule has 1 rings (SSSR count). The van der Waals surface area contributed by atoms with Crippen LogP contribution in [0, 0.1) is 0 Å². The van der Waals surface area contributed by atoms with E-state index in [2.05, 4.69) is 4.72 Å². The molecule has 0 amide bonds. The van der Waals surface area contributed by atoms with E-state index in [1.54, 1.807) is 0 Å². The summed E-state index contributed by atoms with van der Waals surface area (Å²) >= 11 is 0. The predicted molar refractivity (Wildman–Crippen MR) is 67.0 cm³/mol. The highest BCUT2D eigenvalue weighted by molar-refractivity contribution is 7.94. The number of hydrogen-bond donors (Lipinski definition) is 1. The Morgan fingerprint density at radius 2 is 1.56 bits per heavy atom. The fourth-order valence-corrected chi connectivity index (χ4v) is 2.52. The topological polar surface area (TPSA) is 80.3 Å².